The van der Waals surface area contributed by atoms with Crippen LogP contribution in [0.3, 0.4) is 0 Å². The van der Waals surface area contributed by atoms with Crippen LogP contribution in [0.15, 0.2) is 23.3 Å². The Morgan fingerprint density at radius 3 is 2.50 bits per heavy atom. The molecule has 0 aromatic rings. The Kier molecular flexibility index (Phi) is 2.41. The molecule has 0 amide bonds. The van der Waals surface area contributed by atoms with Crippen LogP contribution in [0.25, 0.3) is 0 Å². The van der Waals surface area contributed by atoms with Crippen molar-refractivity contribution in [3.8, 4) is 0 Å². The fourth-order valence-electron chi connectivity index (χ4n) is 1.68. The molecule has 1 unspecified atom stereocenters. The molecule has 1 atom stereocenters. The van der Waals surface area contributed by atoms with E-state index in [4.69, 9.17) is 0 Å². The molecule has 0 saturated heterocycles. The maximum Gasteiger partial charge on any atom is 0.137 e. The molecule has 0 aromatic heterocycles. The molecule has 0 heterocycles. The number of halogens is 1. The lowest BCUT2D eigenvalue weighted by molar-refractivity contribution is 0.437. The summed E-state index contributed by atoms with van der Waals surface area (Å²) >= 11 is 0. The molecular weight excluding hydrogens is 151 g/mol. The van der Waals surface area contributed by atoms with E-state index in [9.17, 15) is 4.39 Å². The lowest BCUT2D eigenvalue weighted by Gasteiger charge is -2.24. The van der Waals surface area contributed by atoms with Gasteiger partial charge in [0.15, 0.2) is 0 Å². The predicted molar refractivity (Wildman–Crippen MR) is 50.8 cm³/mol. The standard InChI is InChI=1S/C11H17F/c1-8-5-10(12)6-9(2)11(3,4)7-8/h5-6,10H,7H2,1-4H3. The number of rotatable bonds is 0. The lowest BCUT2D eigenvalue weighted by Crippen LogP contribution is -2.12. The fourth-order valence-corrected chi connectivity index (χ4v) is 1.68. The SMILES string of the molecule is CC1=CC(F)C=C(C)C(C)(C)C1. The van der Waals surface area contributed by atoms with Crippen LogP contribution in [0.5, 0.6) is 0 Å². The molecule has 0 nitrogen and oxygen atoms in total. The van der Waals surface area contributed by atoms with Crippen LogP contribution in [-0.4, -0.2) is 6.17 Å². The first-order chi connectivity index (χ1) is 5.42. The minimum absolute atomic E-state index is 0.126. The highest BCUT2D eigenvalue weighted by atomic mass is 19.1. The second-order valence-electron chi connectivity index (χ2n) is 4.37. The molecule has 0 fully saturated rings. The van der Waals surface area contributed by atoms with Gasteiger partial charge in [-0.05, 0) is 37.8 Å². The maximum absolute atomic E-state index is 13.1. The average molecular weight is 168 g/mol. The number of allylic oxidation sites excluding steroid dienone is 4. The fraction of sp³-hybridized carbons (Fsp3) is 0.636. The zero-order chi connectivity index (χ0) is 9.35. The van der Waals surface area contributed by atoms with Crippen molar-refractivity contribution >= 4 is 0 Å². The first kappa shape index (κ1) is 9.50. The Balaban J connectivity index is 2.98. The summed E-state index contributed by atoms with van der Waals surface area (Å²) in [5.74, 6) is 0. The van der Waals surface area contributed by atoms with Gasteiger partial charge in [0.05, 0.1) is 0 Å². The summed E-state index contributed by atoms with van der Waals surface area (Å²) < 4.78 is 13.1. The first-order valence-electron chi connectivity index (χ1n) is 4.42. The maximum atomic E-state index is 13.1. The van der Waals surface area contributed by atoms with E-state index in [-0.39, 0.29) is 5.41 Å². The average Bonchev–Trinajstić information content (AvgIpc) is 1.89. The molecular formula is C11H17F. The van der Waals surface area contributed by atoms with Crippen molar-refractivity contribution in [1.82, 2.24) is 0 Å². The molecule has 0 aliphatic heterocycles. The van der Waals surface area contributed by atoms with Crippen LogP contribution in [0, 0.1) is 5.41 Å². The molecule has 1 heteroatoms. The van der Waals surface area contributed by atoms with Gasteiger partial charge in [-0.3, -0.25) is 0 Å². The smallest absolute Gasteiger partial charge is 0.137 e. The molecule has 0 saturated carbocycles. The van der Waals surface area contributed by atoms with E-state index in [1.165, 1.54) is 0 Å². The van der Waals surface area contributed by atoms with Gasteiger partial charge in [-0.2, -0.15) is 0 Å². The molecule has 1 aliphatic carbocycles. The zero-order valence-corrected chi connectivity index (χ0v) is 8.32. The van der Waals surface area contributed by atoms with Crippen LogP contribution >= 0.6 is 0 Å². The Labute approximate surface area is 74.2 Å². The molecule has 68 valence electrons. The molecule has 0 bridgehead atoms. The number of alkyl halides is 1. The van der Waals surface area contributed by atoms with Gasteiger partial charge in [0, 0.05) is 0 Å². The summed E-state index contributed by atoms with van der Waals surface area (Å²) in [5.41, 5.74) is 2.44. The summed E-state index contributed by atoms with van der Waals surface area (Å²) in [6.07, 6.45) is 3.51. The third-order valence-electron chi connectivity index (χ3n) is 2.64. The first-order valence-corrected chi connectivity index (χ1v) is 4.42. The van der Waals surface area contributed by atoms with Crippen molar-refractivity contribution in [3.05, 3.63) is 23.3 Å². The molecule has 0 radical (unpaired) electrons. The van der Waals surface area contributed by atoms with Crippen molar-refractivity contribution < 1.29 is 4.39 Å². The van der Waals surface area contributed by atoms with Gasteiger partial charge in [0.1, 0.15) is 6.17 Å². The second-order valence-corrected chi connectivity index (χ2v) is 4.37. The number of hydrogen-bond donors (Lipinski definition) is 0. The van der Waals surface area contributed by atoms with Crippen molar-refractivity contribution in [2.75, 3.05) is 0 Å². The van der Waals surface area contributed by atoms with E-state index in [1.807, 2.05) is 13.8 Å². The van der Waals surface area contributed by atoms with E-state index < -0.39 is 6.17 Å². The lowest BCUT2D eigenvalue weighted by atomic mass is 9.80. The molecule has 1 rings (SSSR count). The van der Waals surface area contributed by atoms with Gasteiger partial charge >= 0.3 is 0 Å². The van der Waals surface area contributed by atoms with Crippen molar-refractivity contribution in [1.29, 1.82) is 0 Å². The Bertz CT molecular complexity index is 233. The van der Waals surface area contributed by atoms with E-state index in [1.54, 1.807) is 12.2 Å². The van der Waals surface area contributed by atoms with Crippen LogP contribution < -0.4 is 0 Å². The van der Waals surface area contributed by atoms with Crippen LogP contribution in [0.4, 0.5) is 4.39 Å². The van der Waals surface area contributed by atoms with Crippen molar-refractivity contribution in [3.63, 3.8) is 0 Å². The summed E-state index contributed by atoms with van der Waals surface area (Å²) in [5, 5.41) is 0. The highest BCUT2D eigenvalue weighted by Gasteiger charge is 2.23. The summed E-state index contributed by atoms with van der Waals surface area (Å²) in [4.78, 5) is 0. The predicted octanol–water partition coefficient (Wildman–Crippen LogP) is 3.65. The van der Waals surface area contributed by atoms with Gasteiger partial charge in [-0.25, -0.2) is 4.39 Å². The quantitative estimate of drug-likeness (QED) is 0.484. The molecule has 0 N–H and O–H groups in total. The van der Waals surface area contributed by atoms with E-state index in [0.717, 1.165) is 17.6 Å². The molecule has 12 heavy (non-hydrogen) atoms. The summed E-state index contributed by atoms with van der Waals surface area (Å²) in [6, 6.07) is 0. The van der Waals surface area contributed by atoms with Gasteiger partial charge in [0.25, 0.3) is 0 Å². The third-order valence-corrected chi connectivity index (χ3v) is 2.64. The molecule has 0 aromatic carbocycles. The largest absolute Gasteiger partial charge is 0.238 e. The third kappa shape index (κ3) is 1.96. The Morgan fingerprint density at radius 2 is 1.92 bits per heavy atom. The van der Waals surface area contributed by atoms with Crippen molar-refractivity contribution in [2.24, 2.45) is 5.41 Å². The van der Waals surface area contributed by atoms with E-state index >= 15 is 0 Å². The van der Waals surface area contributed by atoms with Gasteiger partial charge < -0.3 is 0 Å². The van der Waals surface area contributed by atoms with Crippen LogP contribution in [0.1, 0.15) is 34.1 Å². The van der Waals surface area contributed by atoms with Gasteiger partial charge in [-0.15, -0.1) is 0 Å². The van der Waals surface area contributed by atoms with E-state index in [0.29, 0.717) is 0 Å². The summed E-state index contributed by atoms with van der Waals surface area (Å²) in [6.45, 7) is 8.34. The monoisotopic (exact) mass is 168 g/mol. The zero-order valence-electron chi connectivity index (χ0n) is 8.32. The second kappa shape index (κ2) is 3.04. The van der Waals surface area contributed by atoms with Gasteiger partial charge in [-0.1, -0.05) is 25.0 Å². The van der Waals surface area contributed by atoms with Gasteiger partial charge in [0.2, 0.25) is 0 Å². The normalized spacial score (nSPS) is 28.9. The minimum atomic E-state index is -0.883. The molecule has 1 aliphatic rings. The number of hydrogen-bond acceptors (Lipinski definition) is 0. The highest BCUT2D eigenvalue weighted by molar-refractivity contribution is 5.23. The molecule has 0 spiro atoms. The Morgan fingerprint density at radius 1 is 1.33 bits per heavy atom. The minimum Gasteiger partial charge on any atom is -0.238 e. The van der Waals surface area contributed by atoms with E-state index in [2.05, 4.69) is 13.8 Å². The summed E-state index contributed by atoms with van der Waals surface area (Å²) in [7, 11) is 0. The van der Waals surface area contributed by atoms with Crippen molar-refractivity contribution in [2.45, 2.75) is 40.3 Å². The Hall–Kier alpha value is -0.590. The topological polar surface area (TPSA) is 0 Å². The highest BCUT2D eigenvalue weighted by Crippen LogP contribution is 2.35. The van der Waals surface area contributed by atoms with Crippen LogP contribution in [0.2, 0.25) is 0 Å². The van der Waals surface area contributed by atoms with Crippen LogP contribution in [-0.2, 0) is 0 Å².